The third kappa shape index (κ3) is 5.25. The third-order valence-electron chi connectivity index (χ3n) is 9.76. The second-order valence-corrected chi connectivity index (χ2v) is 12.4. The molecule has 10 heteroatoms. The van der Waals surface area contributed by atoms with Gasteiger partial charge in [0.25, 0.3) is 17.4 Å². The molecule has 4 N–H and O–H groups in total. The molecular formula is C30H40N6O4. The van der Waals surface area contributed by atoms with Crippen LogP contribution in [0.4, 0.5) is 0 Å². The molecule has 1 aromatic heterocycles. The summed E-state index contributed by atoms with van der Waals surface area (Å²) in [6.07, 6.45) is 14.9. The highest BCUT2D eigenvalue weighted by Crippen LogP contribution is 2.47. The van der Waals surface area contributed by atoms with Gasteiger partial charge in [0.05, 0.1) is 11.0 Å². The van der Waals surface area contributed by atoms with Crippen LogP contribution in [-0.2, 0) is 14.4 Å². The number of rotatable bonds is 7. The quantitative estimate of drug-likeness (QED) is 0.402. The van der Waals surface area contributed by atoms with Crippen molar-refractivity contribution in [3.05, 3.63) is 40.3 Å². The van der Waals surface area contributed by atoms with Gasteiger partial charge in [0.15, 0.2) is 18.0 Å². The van der Waals surface area contributed by atoms with Crippen LogP contribution in [0.15, 0.2) is 34.2 Å². The van der Waals surface area contributed by atoms with Crippen molar-refractivity contribution in [1.82, 2.24) is 14.5 Å². The highest BCUT2D eigenvalue weighted by molar-refractivity contribution is 6.44. The number of piperidine rings is 2. The van der Waals surface area contributed by atoms with Crippen molar-refractivity contribution < 1.29 is 14.4 Å². The van der Waals surface area contributed by atoms with Crippen LogP contribution in [0.2, 0.25) is 0 Å². The predicted molar refractivity (Wildman–Crippen MR) is 152 cm³/mol. The Morgan fingerprint density at radius 3 is 2.20 bits per heavy atom. The SMILES string of the molecule is NC(=O)CO/N=C(\C(N)=O)c1nc2ccccc2n([C@H]2C[C@H]3CCC[C@@H](C2)N3C2C[C@H]3CCCC[C@@H](C2)C3)c1=O. The van der Waals surface area contributed by atoms with Gasteiger partial charge in [-0.2, -0.15) is 0 Å². The lowest BCUT2D eigenvalue weighted by molar-refractivity contribution is -0.122. The summed E-state index contributed by atoms with van der Waals surface area (Å²) < 4.78 is 1.81. The monoisotopic (exact) mass is 548 g/mol. The Hall–Kier alpha value is -3.27. The van der Waals surface area contributed by atoms with E-state index in [1.54, 1.807) is 0 Å². The van der Waals surface area contributed by atoms with Gasteiger partial charge in [0, 0.05) is 24.2 Å². The Balaban J connectivity index is 1.35. The maximum Gasteiger partial charge on any atom is 0.279 e. The molecule has 1 aromatic carbocycles. The molecular weight excluding hydrogens is 508 g/mol. The zero-order valence-electron chi connectivity index (χ0n) is 23.0. The second kappa shape index (κ2) is 11.3. The van der Waals surface area contributed by atoms with E-state index in [0.717, 1.165) is 43.0 Å². The lowest BCUT2D eigenvalue weighted by Gasteiger charge is -2.54. The van der Waals surface area contributed by atoms with E-state index >= 15 is 0 Å². The zero-order chi connectivity index (χ0) is 27.8. The minimum Gasteiger partial charge on any atom is -0.385 e. The Morgan fingerprint density at radius 1 is 0.875 bits per heavy atom. The van der Waals surface area contributed by atoms with Crippen LogP contribution in [0.3, 0.4) is 0 Å². The standard InChI is InChI=1S/C30H40N6O4/c31-26(37)17-40-34-27(29(32)38)28-30(39)36(25-11-4-3-10-24(25)33-28)23-15-20-8-5-9-21(16-23)35(20)22-13-18-6-1-2-7-19(12-18)14-22/h3-4,10-11,18-23H,1-2,5-9,12-17H2,(H2,31,37)(H2,32,38)/b34-27-/t18-,19+,20-,21+,22?,23+. The molecule has 2 aromatic rings. The first kappa shape index (κ1) is 26.9. The summed E-state index contributed by atoms with van der Waals surface area (Å²) in [6, 6.07) is 8.97. The fraction of sp³-hybridized carbons (Fsp3) is 0.633. The van der Waals surface area contributed by atoms with Crippen molar-refractivity contribution in [3.8, 4) is 0 Å². The molecule has 4 bridgehead atoms. The minimum atomic E-state index is -0.957. The number of aromatic nitrogens is 2. The number of oxime groups is 1. The van der Waals surface area contributed by atoms with Crippen LogP contribution in [0, 0.1) is 11.8 Å². The average Bonchev–Trinajstić information content (AvgIpc) is 3.09. The summed E-state index contributed by atoms with van der Waals surface area (Å²) in [5.74, 6) is 0.0120. The highest BCUT2D eigenvalue weighted by atomic mass is 16.6. The topological polar surface area (TPSA) is 146 Å². The van der Waals surface area contributed by atoms with Crippen molar-refractivity contribution in [3.63, 3.8) is 0 Å². The number of amides is 2. The summed E-state index contributed by atoms with van der Waals surface area (Å²) in [4.78, 5) is 49.8. The summed E-state index contributed by atoms with van der Waals surface area (Å²) in [5, 5.41) is 3.71. The molecule has 4 fully saturated rings. The number of nitrogens with zero attached hydrogens (tertiary/aromatic N) is 4. The van der Waals surface area contributed by atoms with E-state index in [1.807, 2.05) is 28.8 Å². The molecule has 2 saturated carbocycles. The molecule has 3 heterocycles. The Labute approximate surface area is 234 Å². The number of carbonyl (C=O) groups excluding carboxylic acids is 2. The molecule has 1 unspecified atom stereocenters. The Kier molecular flexibility index (Phi) is 7.61. The fourth-order valence-electron chi connectivity index (χ4n) is 8.34. The largest absolute Gasteiger partial charge is 0.385 e. The van der Waals surface area contributed by atoms with Crippen molar-refractivity contribution in [2.45, 2.75) is 101 Å². The van der Waals surface area contributed by atoms with Gasteiger partial charge in [0.2, 0.25) is 0 Å². The number of nitrogens with two attached hydrogens (primary N) is 2. The molecule has 40 heavy (non-hydrogen) atoms. The number of carbonyl (C=O) groups is 2. The van der Waals surface area contributed by atoms with Crippen molar-refractivity contribution in [1.29, 1.82) is 0 Å². The van der Waals surface area contributed by atoms with E-state index in [-0.39, 0.29) is 11.7 Å². The second-order valence-electron chi connectivity index (χ2n) is 12.4. The molecule has 2 aliphatic carbocycles. The minimum absolute atomic E-state index is 0.0303. The van der Waals surface area contributed by atoms with E-state index in [9.17, 15) is 14.4 Å². The molecule has 214 valence electrons. The van der Waals surface area contributed by atoms with Gasteiger partial charge in [-0.25, -0.2) is 4.98 Å². The number of hydrogen-bond donors (Lipinski definition) is 2. The van der Waals surface area contributed by atoms with E-state index in [2.05, 4.69) is 15.0 Å². The third-order valence-corrected chi connectivity index (χ3v) is 9.76. The maximum atomic E-state index is 14.0. The smallest absolute Gasteiger partial charge is 0.279 e. The van der Waals surface area contributed by atoms with Crippen LogP contribution >= 0.6 is 0 Å². The van der Waals surface area contributed by atoms with Gasteiger partial charge in [-0.3, -0.25) is 19.3 Å². The molecule has 2 saturated heterocycles. The van der Waals surface area contributed by atoms with Crippen molar-refractivity contribution >= 4 is 28.6 Å². The summed E-state index contributed by atoms with van der Waals surface area (Å²) in [6.45, 7) is -0.538. The van der Waals surface area contributed by atoms with E-state index < -0.39 is 29.7 Å². The first-order chi connectivity index (χ1) is 19.4. The van der Waals surface area contributed by atoms with E-state index in [1.165, 1.54) is 51.4 Å². The maximum absolute atomic E-state index is 14.0. The van der Waals surface area contributed by atoms with Crippen LogP contribution < -0.4 is 17.0 Å². The summed E-state index contributed by atoms with van der Waals surface area (Å²) in [7, 11) is 0. The number of benzene rings is 1. The van der Waals surface area contributed by atoms with Gasteiger partial charge in [-0.1, -0.05) is 49.4 Å². The fourth-order valence-corrected chi connectivity index (χ4v) is 8.34. The number of fused-ring (bicyclic) bond motifs is 5. The lowest BCUT2D eigenvalue weighted by Crippen LogP contribution is -2.58. The Bertz CT molecular complexity index is 1340. The lowest BCUT2D eigenvalue weighted by atomic mass is 9.73. The van der Waals surface area contributed by atoms with E-state index in [0.29, 0.717) is 23.6 Å². The predicted octanol–water partition coefficient (Wildman–Crippen LogP) is 3.00. The molecule has 6 atom stereocenters. The molecule has 2 amide bonds. The molecule has 0 spiro atoms. The first-order valence-electron chi connectivity index (χ1n) is 15.0. The highest BCUT2D eigenvalue weighted by Gasteiger charge is 2.45. The van der Waals surface area contributed by atoms with Gasteiger partial charge >= 0.3 is 0 Å². The van der Waals surface area contributed by atoms with Crippen LogP contribution in [0.1, 0.15) is 88.8 Å². The van der Waals surface area contributed by atoms with Crippen LogP contribution in [-0.4, -0.2) is 56.7 Å². The number of hydrogen-bond acceptors (Lipinski definition) is 7. The molecule has 6 rings (SSSR count). The van der Waals surface area contributed by atoms with Crippen molar-refractivity contribution in [2.75, 3.05) is 6.61 Å². The molecule has 0 radical (unpaired) electrons. The first-order valence-corrected chi connectivity index (χ1v) is 15.0. The normalized spacial score (nSPS) is 30.9. The van der Waals surface area contributed by atoms with Crippen molar-refractivity contribution in [2.24, 2.45) is 28.5 Å². The summed E-state index contributed by atoms with van der Waals surface area (Å²) >= 11 is 0. The number of para-hydroxylation sites is 2. The van der Waals surface area contributed by atoms with Gasteiger partial charge < -0.3 is 20.9 Å². The van der Waals surface area contributed by atoms with Gasteiger partial charge in [0.1, 0.15) is 0 Å². The molecule has 10 nitrogen and oxygen atoms in total. The number of primary amides is 2. The van der Waals surface area contributed by atoms with Gasteiger partial charge in [-0.05, 0) is 68.9 Å². The van der Waals surface area contributed by atoms with Gasteiger partial charge in [-0.15, -0.1) is 0 Å². The average molecular weight is 549 g/mol. The van der Waals surface area contributed by atoms with Crippen LogP contribution in [0.5, 0.6) is 0 Å². The van der Waals surface area contributed by atoms with E-state index in [4.69, 9.17) is 16.3 Å². The molecule has 2 aliphatic heterocycles. The Morgan fingerprint density at radius 2 is 1.55 bits per heavy atom. The van der Waals surface area contributed by atoms with Crippen LogP contribution in [0.25, 0.3) is 11.0 Å². The zero-order valence-corrected chi connectivity index (χ0v) is 23.0. The summed E-state index contributed by atoms with van der Waals surface area (Å²) in [5.41, 5.74) is 11.0. The molecule has 4 aliphatic rings.